The second-order valence-corrected chi connectivity index (χ2v) is 6.23. The number of nitrogens with zero attached hydrogens (tertiary/aromatic N) is 1. The summed E-state index contributed by atoms with van der Waals surface area (Å²) >= 11 is 0. The molecule has 0 fully saturated rings. The highest BCUT2D eigenvalue weighted by Crippen LogP contribution is 2.22. The van der Waals surface area contributed by atoms with Gasteiger partial charge < -0.3 is 15.0 Å². The molecular formula is C23H21FN2O3. The molecule has 6 heteroatoms. The van der Waals surface area contributed by atoms with Gasteiger partial charge in [0.15, 0.2) is 6.61 Å². The van der Waals surface area contributed by atoms with E-state index in [1.165, 1.54) is 29.2 Å². The van der Waals surface area contributed by atoms with Crippen molar-refractivity contribution in [3.8, 4) is 0 Å². The number of anilines is 3. The lowest BCUT2D eigenvalue weighted by molar-refractivity contribution is -0.121. The molecule has 3 aromatic carbocycles. The average Bonchev–Trinajstić information content (AvgIpc) is 2.75. The molecule has 0 aliphatic carbocycles. The molecule has 3 aromatic rings. The van der Waals surface area contributed by atoms with Gasteiger partial charge in [0.25, 0.3) is 5.91 Å². The number of ether oxygens (including phenoxy) is 1. The topological polar surface area (TPSA) is 58.6 Å². The van der Waals surface area contributed by atoms with Gasteiger partial charge in [0, 0.05) is 17.9 Å². The summed E-state index contributed by atoms with van der Waals surface area (Å²) in [5.41, 5.74) is 2.29. The maximum atomic E-state index is 13.1. The molecule has 0 saturated heterocycles. The highest BCUT2D eigenvalue weighted by atomic mass is 19.1. The maximum Gasteiger partial charge on any atom is 0.340 e. The van der Waals surface area contributed by atoms with E-state index in [9.17, 15) is 14.0 Å². The lowest BCUT2D eigenvalue weighted by atomic mass is 10.1. The molecule has 0 saturated carbocycles. The number of nitrogens with one attached hydrogen (secondary N) is 1. The fraction of sp³-hybridized carbons (Fsp3) is 0.130. The van der Waals surface area contributed by atoms with Crippen molar-refractivity contribution in [1.29, 1.82) is 0 Å². The largest absolute Gasteiger partial charge is 0.452 e. The molecule has 29 heavy (non-hydrogen) atoms. The van der Waals surface area contributed by atoms with E-state index in [-0.39, 0.29) is 11.7 Å². The van der Waals surface area contributed by atoms with Crippen molar-refractivity contribution in [2.75, 3.05) is 23.4 Å². The standard InChI is InChI=1S/C23H21FN2O3/c1-2-26(19-14-12-17(24)13-15-19)22(27)16-29-23(28)20-10-6-7-11-21(20)25-18-8-4-3-5-9-18/h3-15,25H,2,16H2,1H3. The molecule has 5 nitrogen and oxygen atoms in total. The first-order chi connectivity index (χ1) is 14.1. The number of para-hydroxylation sites is 2. The Morgan fingerprint density at radius 3 is 2.28 bits per heavy atom. The molecule has 0 aromatic heterocycles. The van der Waals surface area contributed by atoms with Gasteiger partial charge in [-0.3, -0.25) is 4.79 Å². The first kappa shape index (κ1) is 20.1. The fourth-order valence-electron chi connectivity index (χ4n) is 2.85. The van der Waals surface area contributed by atoms with E-state index in [1.54, 1.807) is 31.2 Å². The second-order valence-electron chi connectivity index (χ2n) is 6.23. The number of esters is 1. The first-order valence-electron chi connectivity index (χ1n) is 9.22. The zero-order chi connectivity index (χ0) is 20.6. The van der Waals surface area contributed by atoms with Crippen molar-refractivity contribution in [3.05, 3.63) is 90.2 Å². The molecule has 0 bridgehead atoms. The van der Waals surface area contributed by atoms with E-state index in [0.29, 0.717) is 23.5 Å². The van der Waals surface area contributed by atoms with Crippen molar-refractivity contribution in [2.24, 2.45) is 0 Å². The van der Waals surface area contributed by atoms with E-state index in [4.69, 9.17) is 4.74 Å². The SMILES string of the molecule is CCN(C(=O)COC(=O)c1ccccc1Nc1ccccc1)c1ccc(F)cc1. The third kappa shape index (κ3) is 5.19. The van der Waals surface area contributed by atoms with Gasteiger partial charge in [-0.25, -0.2) is 9.18 Å². The summed E-state index contributed by atoms with van der Waals surface area (Å²) in [6.45, 7) is 1.75. The summed E-state index contributed by atoms with van der Waals surface area (Å²) in [6, 6.07) is 22.0. The number of hydrogen-bond acceptors (Lipinski definition) is 4. The van der Waals surface area contributed by atoms with Crippen LogP contribution in [0, 0.1) is 5.82 Å². The van der Waals surface area contributed by atoms with Crippen molar-refractivity contribution in [2.45, 2.75) is 6.92 Å². The summed E-state index contributed by atoms with van der Waals surface area (Å²) < 4.78 is 18.4. The number of likely N-dealkylation sites (N-methyl/N-ethyl adjacent to an activating group) is 1. The van der Waals surface area contributed by atoms with Crippen LogP contribution in [0.2, 0.25) is 0 Å². The van der Waals surface area contributed by atoms with Crippen molar-refractivity contribution >= 4 is 28.9 Å². The van der Waals surface area contributed by atoms with Crippen molar-refractivity contribution in [1.82, 2.24) is 0 Å². The Morgan fingerprint density at radius 2 is 1.59 bits per heavy atom. The van der Waals surface area contributed by atoms with E-state index in [2.05, 4.69) is 5.32 Å². The molecule has 148 valence electrons. The Balaban J connectivity index is 1.67. The van der Waals surface area contributed by atoms with Gasteiger partial charge in [-0.2, -0.15) is 0 Å². The monoisotopic (exact) mass is 392 g/mol. The molecule has 0 unspecified atom stereocenters. The molecule has 1 N–H and O–H groups in total. The molecule has 3 rings (SSSR count). The number of amides is 1. The highest BCUT2D eigenvalue weighted by molar-refractivity contribution is 5.99. The fourth-order valence-corrected chi connectivity index (χ4v) is 2.85. The quantitative estimate of drug-likeness (QED) is 0.588. The van der Waals surface area contributed by atoms with E-state index < -0.39 is 12.6 Å². The van der Waals surface area contributed by atoms with Crippen LogP contribution in [0.1, 0.15) is 17.3 Å². The third-order valence-corrected chi connectivity index (χ3v) is 4.28. The highest BCUT2D eigenvalue weighted by Gasteiger charge is 2.18. The minimum absolute atomic E-state index is 0.328. The lowest BCUT2D eigenvalue weighted by Gasteiger charge is -2.21. The van der Waals surface area contributed by atoms with Crippen molar-refractivity contribution in [3.63, 3.8) is 0 Å². The van der Waals surface area contributed by atoms with Crippen LogP contribution in [-0.4, -0.2) is 25.0 Å². The van der Waals surface area contributed by atoms with Gasteiger partial charge >= 0.3 is 5.97 Å². The molecule has 0 spiro atoms. The molecule has 0 atom stereocenters. The van der Waals surface area contributed by atoms with Crippen LogP contribution >= 0.6 is 0 Å². The number of halogens is 1. The van der Waals surface area contributed by atoms with Crippen LogP contribution in [0.15, 0.2) is 78.9 Å². The van der Waals surface area contributed by atoms with Crippen LogP contribution in [0.4, 0.5) is 21.5 Å². The van der Waals surface area contributed by atoms with Crippen molar-refractivity contribution < 1.29 is 18.7 Å². The van der Waals surface area contributed by atoms with Crippen LogP contribution < -0.4 is 10.2 Å². The Labute approximate surface area is 168 Å². The van der Waals surface area contributed by atoms with E-state index in [0.717, 1.165) is 5.69 Å². The van der Waals surface area contributed by atoms with Crippen LogP contribution in [0.5, 0.6) is 0 Å². The lowest BCUT2D eigenvalue weighted by Crippen LogP contribution is -2.34. The first-order valence-corrected chi connectivity index (χ1v) is 9.22. The Bertz CT molecular complexity index is 975. The molecule has 0 heterocycles. The van der Waals surface area contributed by atoms with Gasteiger partial charge in [-0.15, -0.1) is 0 Å². The van der Waals surface area contributed by atoms with Gasteiger partial charge in [0.2, 0.25) is 0 Å². The predicted octanol–water partition coefficient (Wildman–Crippen LogP) is 4.78. The summed E-state index contributed by atoms with van der Waals surface area (Å²) in [6.07, 6.45) is 0. The zero-order valence-corrected chi connectivity index (χ0v) is 16.0. The minimum Gasteiger partial charge on any atom is -0.452 e. The summed E-state index contributed by atoms with van der Waals surface area (Å²) in [4.78, 5) is 26.5. The normalized spacial score (nSPS) is 10.3. The van der Waals surface area contributed by atoms with Crippen LogP contribution in [0.25, 0.3) is 0 Å². The summed E-state index contributed by atoms with van der Waals surface area (Å²) in [5.74, 6) is -1.38. The minimum atomic E-state index is -0.604. The number of hydrogen-bond donors (Lipinski definition) is 1. The third-order valence-electron chi connectivity index (χ3n) is 4.28. The van der Waals surface area contributed by atoms with E-state index in [1.807, 2.05) is 30.3 Å². The Kier molecular flexibility index (Phi) is 6.58. The van der Waals surface area contributed by atoms with E-state index >= 15 is 0 Å². The second kappa shape index (κ2) is 9.50. The van der Waals surface area contributed by atoms with Gasteiger partial charge in [-0.05, 0) is 55.5 Å². The van der Waals surface area contributed by atoms with Gasteiger partial charge in [0.05, 0.1) is 11.3 Å². The predicted molar refractivity (Wildman–Crippen MR) is 111 cm³/mol. The number of carbonyl (C=O) groups excluding carboxylic acids is 2. The molecule has 0 aliphatic rings. The van der Waals surface area contributed by atoms with Gasteiger partial charge in [0.1, 0.15) is 5.82 Å². The smallest absolute Gasteiger partial charge is 0.340 e. The Morgan fingerprint density at radius 1 is 0.931 bits per heavy atom. The van der Waals surface area contributed by atoms with Gasteiger partial charge in [-0.1, -0.05) is 30.3 Å². The van der Waals surface area contributed by atoms with Crippen LogP contribution in [-0.2, 0) is 9.53 Å². The average molecular weight is 392 g/mol. The molecule has 0 aliphatic heterocycles. The molecular weight excluding hydrogens is 371 g/mol. The zero-order valence-electron chi connectivity index (χ0n) is 16.0. The number of carbonyl (C=O) groups is 2. The maximum absolute atomic E-state index is 13.1. The summed E-state index contributed by atoms with van der Waals surface area (Å²) in [5, 5.41) is 3.17. The Hall–Kier alpha value is -3.67. The summed E-state index contributed by atoms with van der Waals surface area (Å²) in [7, 11) is 0. The molecule has 1 amide bonds. The number of rotatable bonds is 7. The number of benzene rings is 3. The molecule has 0 radical (unpaired) electrons. The van der Waals surface area contributed by atoms with Crippen LogP contribution in [0.3, 0.4) is 0 Å².